The molecule has 0 heterocycles. The molecule has 5 nitrogen and oxygen atoms in total. The van der Waals surface area contributed by atoms with E-state index in [4.69, 9.17) is 0 Å². The molecule has 166 valence electrons. The van der Waals surface area contributed by atoms with Crippen LogP contribution in [0.3, 0.4) is 0 Å². The highest BCUT2D eigenvalue weighted by molar-refractivity contribution is 5.84. The molecule has 29 heavy (non-hydrogen) atoms. The van der Waals surface area contributed by atoms with Gasteiger partial charge in [-0.05, 0) is 44.4 Å². The van der Waals surface area contributed by atoms with Gasteiger partial charge in [0.2, 0.25) is 0 Å². The first-order valence-electron chi connectivity index (χ1n) is 11.6. The fourth-order valence-corrected chi connectivity index (χ4v) is 4.69. The summed E-state index contributed by atoms with van der Waals surface area (Å²) in [5.41, 5.74) is -0.616. The predicted octanol–water partition coefficient (Wildman–Crippen LogP) is 4.34. The van der Waals surface area contributed by atoms with Gasteiger partial charge in [-0.3, -0.25) is 9.59 Å². The maximum atomic E-state index is 12.4. The minimum atomic E-state index is -0.616. The standard InChI is InChI=1S/C24H40O5/c1-3-4-15-24(28,18-13-14-18)16-9-11-20-19(21(25)17-22(20)26)10-7-5-6-8-12-23(27)29-2/h9,11,18-20,22,26,28H,3-8,10,12-17H2,1-2H3/b11-9+/t19-,20-,22-,24+/m1/s1. The summed E-state index contributed by atoms with van der Waals surface area (Å²) in [6, 6.07) is 0. The summed E-state index contributed by atoms with van der Waals surface area (Å²) in [7, 11) is 1.41. The molecule has 2 saturated carbocycles. The average Bonchev–Trinajstić information content (AvgIpc) is 3.51. The first-order valence-corrected chi connectivity index (χ1v) is 11.6. The molecule has 0 unspecified atom stereocenters. The molecule has 0 aromatic heterocycles. The molecule has 0 saturated heterocycles. The van der Waals surface area contributed by atoms with E-state index >= 15 is 0 Å². The lowest BCUT2D eigenvalue weighted by molar-refractivity contribution is -0.140. The second-order valence-corrected chi connectivity index (χ2v) is 9.06. The number of hydrogen-bond acceptors (Lipinski definition) is 5. The van der Waals surface area contributed by atoms with Crippen LogP contribution in [0.15, 0.2) is 12.2 Å². The van der Waals surface area contributed by atoms with Crippen LogP contribution in [0.1, 0.15) is 90.4 Å². The Kier molecular flexibility index (Phi) is 9.84. The van der Waals surface area contributed by atoms with Crippen LogP contribution in [-0.4, -0.2) is 40.8 Å². The lowest BCUT2D eigenvalue weighted by atomic mass is 9.85. The Morgan fingerprint density at radius 1 is 1.21 bits per heavy atom. The average molecular weight is 409 g/mol. The van der Waals surface area contributed by atoms with Crippen LogP contribution in [0.4, 0.5) is 0 Å². The number of unbranched alkanes of at least 4 members (excludes halogenated alkanes) is 4. The predicted molar refractivity (Wildman–Crippen MR) is 113 cm³/mol. The van der Waals surface area contributed by atoms with E-state index in [0.717, 1.165) is 64.2 Å². The fourth-order valence-electron chi connectivity index (χ4n) is 4.69. The molecular weight excluding hydrogens is 368 g/mol. The van der Waals surface area contributed by atoms with Gasteiger partial charge in [-0.15, -0.1) is 0 Å². The van der Waals surface area contributed by atoms with E-state index in [1.807, 2.05) is 12.2 Å². The van der Waals surface area contributed by atoms with Crippen LogP contribution in [0.5, 0.6) is 0 Å². The number of rotatable bonds is 14. The first-order chi connectivity index (χ1) is 13.9. The van der Waals surface area contributed by atoms with Gasteiger partial charge in [0.25, 0.3) is 0 Å². The molecule has 0 bridgehead atoms. The van der Waals surface area contributed by atoms with Crippen LogP contribution >= 0.6 is 0 Å². The Morgan fingerprint density at radius 2 is 1.93 bits per heavy atom. The van der Waals surface area contributed by atoms with Crippen LogP contribution in [0, 0.1) is 17.8 Å². The van der Waals surface area contributed by atoms with E-state index < -0.39 is 11.7 Å². The Labute approximate surface area is 175 Å². The zero-order valence-electron chi connectivity index (χ0n) is 18.3. The topological polar surface area (TPSA) is 83.8 Å². The molecule has 2 aliphatic rings. The number of methoxy groups -OCH3 is 1. The highest BCUT2D eigenvalue weighted by Crippen LogP contribution is 2.45. The van der Waals surface area contributed by atoms with Crippen molar-refractivity contribution in [3.8, 4) is 0 Å². The highest BCUT2D eigenvalue weighted by atomic mass is 16.5. The molecule has 2 N–H and O–H groups in total. The number of ether oxygens (including phenoxy) is 1. The maximum Gasteiger partial charge on any atom is 0.305 e. The summed E-state index contributed by atoms with van der Waals surface area (Å²) < 4.78 is 4.64. The van der Waals surface area contributed by atoms with Crippen molar-refractivity contribution in [3.05, 3.63) is 12.2 Å². The number of esters is 1. The molecule has 2 fully saturated rings. The fraction of sp³-hybridized carbons (Fsp3) is 0.833. The van der Waals surface area contributed by atoms with Crippen molar-refractivity contribution >= 4 is 11.8 Å². The van der Waals surface area contributed by atoms with Gasteiger partial charge in [0.05, 0.1) is 18.8 Å². The Hall–Kier alpha value is -1.20. The monoisotopic (exact) mass is 408 g/mol. The second kappa shape index (κ2) is 11.8. The summed E-state index contributed by atoms with van der Waals surface area (Å²) in [5.74, 6) is 0.146. The molecule has 4 atom stereocenters. The van der Waals surface area contributed by atoms with E-state index in [0.29, 0.717) is 18.8 Å². The molecule has 0 aromatic carbocycles. The number of carbonyl (C=O) groups excluding carboxylic acids is 2. The summed E-state index contributed by atoms with van der Waals surface area (Å²) in [4.78, 5) is 23.5. The number of ketones is 1. The molecule has 2 aliphatic carbocycles. The van der Waals surface area contributed by atoms with Crippen molar-refractivity contribution in [2.45, 2.75) is 102 Å². The Balaban J connectivity index is 1.80. The van der Waals surface area contributed by atoms with E-state index in [2.05, 4.69) is 11.7 Å². The van der Waals surface area contributed by atoms with Crippen molar-refractivity contribution in [2.24, 2.45) is 17.8 Å². The van der Waals surface area contributed by atoms with Crippen LogP contribution in [0.2, 0.25) is 0 Å². The van der Waals surface area contributed by atoms with Crippen LogP contribution < -0.4 is 0 Å². The molecule has 0 radical (unpaired) electrons. The summed E-state index contributed by atoms with van der Waals surface area (Å²) >= 11 is 0. The molecule has 5 heteroatoms. The summed E-state index contributed by atoms with van der Waals surface area (Å²) in [6.07, 6.45) is 14.3. The normalized spacial score (nSPS) is 26.8. The lowest BCUT2D eigenvalue weighted by Gasteiger charge is -2.27. The summed E-state index contributed by atoms with van der Waals surface area (Å²) in [5, 5.41) is 21.4. The lowest BCUT2D eigenvalue weighted by Crippen LogP contribution is -2.30. The number of aliphatic hydroxyl groups excluding tert-OH is 1. The third kappa shape index (κ3) is 7.53. The number of carbonyl (C=O) groups is 2. The van der Waals surface area contributed by atoms with Crippen LogP contribution in [0.25, 0.3) is 0 Å². The van der Waals surface area contributed by atoms with Crippen molar-refractivity contribution < 1.29 is 24.5 Å². The van der Waals surface area contributed by atoms with Gasteiger partial charge in [-0.2, -0.15) is 0 Å². The van der Waals surface area contributed by atoms with Gasteiger partial charge in [-0.25, -0.2) is 0 Å². The zero-order chi connectivity index (χ0) is 21.3. The van der Waals surface area contributed by atoms with Crippen molar-refractivity contribution in [1.29, 1.82) is 0 Å². The van der Waals surface area contributed by atoms with Gasteiger partial charge in [0, 0.05) is 24.7 Å². The third-order valence-electron chi connectivity index (χ3n) is 6.74. The Bertz CT molecular complexity index is 553. The SMILES string of the molecule is CCCC[C@](O)(C/C=C/[C@H]1[C@H](O)CC(=O)[C@@H]1CCCCCCC(=O)OC)C1CC1. The molecule has 2 rings (SSSR count). The van der Waals surface area contributed by atoms with Gasteiger partial charge in [-0.1, -0.05) is 51.2 Å². The van der Waals surface area contributed by atoms with E-state index in [1.165, 1.54) is 7.11 Å². The van der Waals surface area contributed by atoms with Gasteiger partial charge in [0.15, 0.2) is 0 Å². The highest BCUT2D eigenvalue weighted by Gasteiger charge is 2.43. The minimum absolute atomic E-state index is 0.119. The van der Waals surface area contributed by atoms with Crippen molar-refractivity contribution in [1.82, 2.24) is 0 Å². The van der Waals surface area contributed by atoms with Gasteiger partial charge >= 0.3 is 5.97 Å². The molecule has 0 spiro atoms. The Morgan fingerprint density at radius 3 is 2.59 bits per heavy atom. The largest absolute Gasteiger partial charge is 0.469 e. The van der Waals surface area contributed by atoms with E-state index in [9.17, 15) is 19.8 Å². The van der Waals surface area contributed by atoms with Crippen molar-refractivity contribution in [2.75, 3.05) is 7.11 Å². The smallest absolute Gasteiger partial charge is 0.305 e. The van der Waals surface area contributed by atoms with E-state index in [-0.39, 0.29) is 30.0 Å². The molecule has 0 aromatic rings. The first kappa shape index (κ1) is 24.1. The number of Topliss-reactive ketones (excluding diaryl/α,β-unsaturated/α-hetero) is 1. The number of hydrogen-bond donors (Lipinski definition) is 2. The second-order valence-electron chi connectivity index (χ2n) is 9.06. The van der Waals surface area contributed by atoms with Crippen LogP contribution in [-0.2, 0) is 14.3 Å². The quantitative estimate of drug-likeness (QED) is 0.254. The van der Waals surface area contributed by atoms with E-state index in [1.54, 1.807) is 0 Å². The maximum absolute atomic E-state index is 12.4. The zero-order valence-corrected chi connectivity index (χ0v) is 18.3. The molecule has 0 amide bonds. The van der Waals surface area contributed by atoms with Crippen molar-refractivity contribution in [3.63, 3.8) is 0 Å². The summed E-state index contributed by atoms with van der Waals surface area (Å²) in [6.45, 7) is 2.14. The van der Waals surface area contributed by atoms with Gasteiger partial charge < -0.3 is 14.9 Å². The molecule has 0 aliphatic heterocycles. The third-order valence-corrected chi connectivity index (χ3v) is 6.74. The number of aliphatic hydroxyl groups is 2. The van der Waals surface area contributed by atoms with Gasteiger partial charge in [0.1, 0.15) is 5.78 Å². The minimum Gasteiger partial charge on any atom is -0.469 e. The molecular formula is C24H40O5.